The van der Waals surface area contributed by atoms with Crippen molar-refractivity contribution in [3.63, 3.8) is 0 Å². The first-order valence-corrected chi connectivity index (χ1v) is 6.91. The van der Waals surface area contributed by atoms with E-state index in [2.05, 4.69) is 22.8 Å². The Bertz CT molecular complexity index is 850. The van der Waals surface area contributed by atoms with Gasteiger partial charge < -0.3 is 16.8 Å². The van der Waals surface area contributed by atoms with E-state index in [1.807, 2.05) is 36.5 Å². The Labute approximate surface area is 134 Å². The van der Waals surface area contributed by atoms with E-state index in [0.29, 0.717) is 0 Å². The monoisotopic (exact) mass is 308 g/mol. The van der Waals surface area contributed by atoms with Crippen molar-refractivity contribution in [2.24, 2.45) is 0 Å². The number of rotatable bonds is 1. The van der Waals surface area contributed by atoms with E-state index in [1.54, 1.807) is 12.5 Å². The summed E-state index contributed by atoms with van der Waals surface area (Å²) in [6.07, 6.45) is 6.24. The molecule has 1 aliphatic heterocycles. The molecule has 1 aliphatic rings. The van der Waals surface area contributed by atoms with E-state index >= 15 is 0 Å². The molecule has 1 atom stereocenters. The van der Waals surface area contributed by atoms with Gasteiger partial charge in [0.05, 0.1) is 24.5 Å². The van der Waals surface area contributed by atoms with Crippen LogP contribution in [-0.4, -0.2) is 0 Å². The van der Waals surface area contributed by atoms with Crippen LogP contribution in [0.25, 0.3) is 11.1 Å². The number of hydrogen-bond acceptors (Lipinski definition) is 2. The SMILES string of the molecule is N#CC1c2ccccc2Cc2c(-c3ccoc3)ccc[n+]21.[Cl-]. The summed E-state index contributed by atoms with van der Waals surface area (Å²) < 4.78 is 7.28. The molecule has 0 bridgehead atoms. The van der Waals surface area contributed by atoms with Gasteiger partial charge in [-0.2, -0.15) is 9.83 Å². The fourth-order valence-corrected chi connectivity index (χ4v) is 3.09. The maximum absolute atomic E-state index is 9.62. The Kier molecular flexibility index (Phi) is 3.70. The minimum Gasteiger partial charge on any atom is -1.00 e. The van der Waals surface area contributed by atoms with Gasteiger partial charge in [-0.25, -0.2) is 0 Å². The van der Waals surface area contributed by atoms with Crippen molar-refractivity contribution >= 4 is 0 Å². The van der Waals surface area contributed by atoms with E-state index in [4.69, 9.17) is 4.42 Å². The summed E-state index contributed by atoms with van der Waals surface area (Å²) in [6.45, 7) is 0. The molecule has 3 heterocycles. The van der Waals surface area contributed by atoms with Crippen LogP contribution in [0.15, 0.2) is 65.6 Å². The first-order chi connectivity index (χ1) is 10.4. The van der Waals surface area contributed by atoms with Gasteiger partial charge in [-0.15, -0.1) is 0 Å². The van der Waals surface area contributed by atoms with Crippen LogP contribution in [0.4, 0.5) is 0 Å². The summed E-state index contributed by atoms with van der Waals surface area (Å²) in [5, 5.41) is 9.62. The van der Waals surface area contributed by atoms with E-state index < -0.39 is 0 Å². The maximum Gasteiger partial charge on any atom is 0.269 e. The van der Waals surface area contributed by atoms with Crippen LogP contribution in [-0.2, 0) is 6.42 Å². The molecule has 1 unspecified atom stereocenters. The molecule has 3 nitrogen and oxygen atoms in total. The van der Waals surface area contributed by atoms with Crippen molar-refractivity contribution in [2.75, 3.05) is 0 Å². The Morgan fingerprint density at radius 2 is 2.00 bits per heavy atom. The topological polar surface area (TPSA) is 40.8 Å². The lowest BCUT2D eigenvalue weighted by atomic mass is 9.90. The van der Waals surface area contributed by atoms with E-state index in [-0.39, 0.29) is 18.4 Å². The van der Waals surface area contributed by atoms with Crippen molar-refractivity contribution in [3.05, 3.63) is 78.0 Å². The molecule has 22 heavy (non-hydrogen) atoms. The largest absolute Gasteiger partial charge is 1.00 e. The van der Waals surface area contributed by atoms with Crippen molar-refractivity contribution in [1.82, 2.24) is 0 Å². The minimum atomic E-state index is -0.267. The second kappa shape index (κ2) is 5.67. The van der Waals surface area contributed by atoms with E-state index in [9.17, 15) is 5.26 Å². The van der Waals surface area contributed by atoms with E-state index in [1.165, 1.54) is 5.56 Å². The number of furan rings is 1. The molecule has 0 amide bonds. The average Bonchev–Trinajstić information content (AvgIpc) is 3.06. The Balaban J connectivity index is 0.00000144. The van der Waals surface area contributed by atoms with Gasteiger partial charge in [0, 0.05) is 17.2 Å². The smallest absolute Gasteiger partial charge is 0.269 e. The van der Waals surface area contributed by atoms with Gasteiger partial charge in [-0.05, 0) is 17.7 Å². The lowest BCUT2D eigenvalue weighted by Gasteiger charge is -2.20. The average molecular weight is 309 g/mol. The zero-order valence-corrected chi connectivity index (χ0v) is 12.5. The summed E-state index contributed by atoms with van der Waals surface area (Å²) in [5.74, 6) is 0. The molecule has 0 saturated carbocycles. The number of pyridine rings is 1. The molecular formula is C18H13ClN2O. The number of benzene rings is 1. The molecule has 0 fully saturated rings. The first-order valence-electron chi connectivity index (χ1n) is 6.91. The quantitative estimate of drug-likeness (QED) is 0.605. The predicted molar refractivity (Wildman–Crippen MR) is 77.3 cm³/mol. The molecule has 0 radical (unpaired) electrons. The van der Waals surface area contributed by atoms with Gasteiger partial charge in [0.2, 0.25) is 0 Å². The molecule has 0 spiro atoms. The number of hydrogen-bond donors (Lipinski definition) is 0. The summed E-state index contributed by atoms with van der Waals surface area (Å²) >= 11 is 0. The van der Waals surface area contributed by atoms with Crippen LogP contribution >= 0.6 is 0 Å². The van der Waals surface area contributed by atoms with Gasteiger partial charge >= 0.3 is 0 Å². The highest BCUT2D eigenvalue weighted by molar-refractivity contribution is 5.64. The number of nitrogens with zero attached hydrogens (tertiary/aromatic N) is 2. The Hall–Kier alpha value is -2.57. The second-order valence-corrected chi connectivity index (χ2v) is 5.20. The molecule has 1 aromatic carbocycles. The standard InChI is InChI=1S/C18H13N2O.ClH/c19-11-18-15-5-2-1-4-13(15)10-17-16(6-3-8-20(17)18)14-7-9-21-12-14;/h1-9,12,18H,10H2;1H/q+1;/p-1. The van der Waals surface area contributed by atoms with Crippen molar-refractivity contribution in [3.8, 4) is 17.2 Å². The van der Waals surface area contributed by atoms with Crippen LogP contribution in [0.2, 0.25) is 0 Å². The van der Waals surface area contributed by atoms with Crippen LogP contribution in [0.5, 0.6) is 0 Å². The third-order valence-electron chi connectivity index (χ3n) is 4.07. The van der Waals surface area contributed by atoms with Crippen LogP contribution in [0.1, 0.15) is 22.9 Å². The van der Waals surface area contributed by atoms with E-state index in [0.717, 1.165) is 28.8 Å². The molecular weight excluding hydrogens is 296 g/mol. The number of fused-ring (bicyclic) bond motifs is 2. The van der Waals surface area contributed by atoms with Crippen molar-refractivity contribution in [1.29, 1.82) is 5.26 Å². The highest BCUT2D eigenvalue weighted by atomic mass is 35.5. The first kappa shape index (κ1) is 14.4. The van der Waals surface area contributed by atoms with Gasteiger partial charge in [0.25, 0.3) is 6.04 Å². The lowest BCUT2D eigenvalue weighted by molar-refractivity contribution is -0.709. The van der Waals surface area contributed by atoms with Crippen LogP contribution in [0, 0.1) is 11.3 Å². The van der Waals surface area contributed by atoms with Crippen molar-refractivity contribution in [2.45, 2.75) is 12.5 Å². The van der Waals surface area contributed by atoms with Gasteiger partial charge in [0.1, 0.15) is 6.07 Å². The highest BCUT2D eigenvalue weighted by Gasteiger charge is 2.33. The molecule has 4 heteroatoms. The zero-order chi connectivity index (χ0) is 14.2. The molecule has 0 aliphatic carbocycles. The Morgan fingerprint density at radius 3 is 2.77 bits per heavy atom. The minimum absolute atomic E-state index is 0. The summed E-state index contributed by atoms with van der Waals surface area (Å²) in [4.78, 5) is 0. The van der Waals surface area contributed by atoms with Gasteiger partial charge in [-0.3, -0.25) is 0 Å². The lowest BCUT2D eigenvalue weighted by Crippen LogP contribution is -3.00. The predicted octanol–water partition coefficient (Wildman–Crippen LogP) is 0.255. The third-order valence-corrected chi connectivity index (χ3v) is 4.07. The molecule has 0 N–H and O–H groups in total. The maximum atomic E-state index is 9.62. The molecule has 4 rings (SSSR count). The summed E-state index contributed by atoms with van der Waals surface area (Å²) in [7, 11) is 0. The zero-order valence-electron chi connectivity index (χ0n) is 11.7. The number of aromatic nitrogens is 1. The van der Waals surface area contributed by atoms with Crippen molar-refractivity contribution < 1.29 is 21.4 Å². The van der Waals surface area contributed by atoms with Gasteiger partial charge in [0.15, 0.2) is 11.9 Å². The molecule has 108 valence electrons. The number of nitriles is 1. The summed E-state index contributed by atoms with van der Waals surface area (Å²) in [5.41, 5.74) is 5.66. The molecule has 0 saturated heterocycles. The fraction of sp³-hybridized carbons (Fsp3) is 0.111. The fourth-order valence-electron chi connectivity index (χ4n) is 3.09. The number of halogens is 1. The summed E-state index contributed by atoms with van der Waals surface area (Å²) in [6, 6.07) is 16.4. The van der Waals surface area contributed by atoms with Crippen LogP contribution < -0.4 is 17.0 Å². The highest BCUT2D eigenvalue weighted by Crippen LogP contribution is 2.30. The third kappa shape index (κ3) is 2.09. The molecule has 2 aromatic heterocycles. The normalized spacial score (nSPS) is 15.1. The van der Waals surface area contributed by atoms with Crippen LogP contribution in [0.3, 0.4) is 0 Å². The van der Waals surface area contributed by atoms with Gasteiger partial charge in [-0.1, -0.05) is 24.3 Å². The second-order valence-electron chi connectivity index (χ2n) is 5.20. The molecule has 3 aromatic rings. The Morgan fingerprint density at radius 1 is 1.14 bits per heavy atom.